The Labute approximate surface area is 149 Å². The van der Waals surface area contributed by atoms with Crippen LogP contribution in [0.1, 0.15) is 29.2 Å². The van der Waals surface area contributed by atoms with Gasteiger partial charge in [-0.1, -0.05) is 35.5 Å². The molecule has 1 aromatic carbocycles. The van der Waals surface area contributed by atoms with Crippen molar-refractivity contribution >= 4 is 5.91 Å². The number of carbonyl (C=O) groups is 1. The summed E-state index contributed by atoms with van der Waals surface area (Å²) in [6.07, 6.45) is 2.43. The zero-order valence-corrected chi connectivity index (χ0v) is 14.3. The largest absolute Gasteiger partial charge is 0.335 e. The standard InChI is InChI=1S/C18H18FN5O2/c1-23-11-8-14(21-23)16(25)24-10-5-9-18(19,12-24)17-20-15(22-26-17)13-6-3-2-4-7-13/h2-4,6-8,11H,5,9-10,12H2,1H3. The Morgan fingerprint density at radius 1 is 1.27 bits per heavy atom. The van der Waals surface area contributed by atoms with E-state index in [-0.39, 0.29) is 24.8 Å². The average Bonchev–Trinajstić information content (AvgIpc) is 3.32. The molecule has 0 bridgehead atoms. The second-order valence-electron chi connectivity index (χ2n) is 6.46. The summed E-state index contributed by atoms with van der Waals surface area (Å²) in [5.41, 5.74) is -0.807. The summed E-state index contributed by atoms with van der Waals surface area (Å²) in [5, 5.41) is 7.99. The lowest BCUT2D eigenvalue weighted by Gasteiger charge is -2.34. The summed E-state index contributed by atoms with van der Waals surface area (Å²) in [5.74, 6) is -0.0456. The number of nitrogens with zero attached hydrogens (tertiary/aromatic N) is 5. The maximum absolute atomic E-state index is 15.5. The summed E-state index contributed by atoms with van der Waals surface area (Å²) in [7, 11) is 1.73. The molecule has 0 saturated carbocycles. The van der Waals surface area contributed by atoms with Crippen LogP contribution in [0.15, 0.2) is 47.1 Å². The van der Waals surface area contributed by atoms with Crippen molar-refractivity contribution in [3.05, 3.63) is 54.2 Å². The zero-order chi connectivity index (χ0) is 18.1. The molecule has 1 aliphatic heterocycles. The average molecular weight is 355 g/mol. The molecule has 3 heterocycles. The molecule has 0 N–H and O–H groups in total. The third-order valence-electron chi connectivity index (χ3n) is 4.50. The topological polar surface area (TPSA) is 77.0 Å². The monoisotopic (exact) mass is 355 g/mol. The van der Waals surface area contributed by atoms with Gasteiger partial charge in [-0.15, -0.1) is 0 Å². The second-order valence-corrected chi connectivity index (χ2v) is 6.46. The number of alkyl halides is 1. The Morgan fingerprint density at radius 3 is 2.81 bits per heavy atom. The van der Waals surface area contributed by atoms with Gasteiger partial charge in [0.1, 0.15) is 5.69 Å². The lowest BCUT2D eigenvalue weighted by atomic mass is 9.94. The number of aryl methyl sites for hydroxylation is 1. The van der Waals surface area contributed by atoms with Crippen LogP contribution in [0, 0.1) is 0 Å². The summed E-state index contributed by atoms with van der Waals surface area (Å²) >= 11 is 0. The lowest BCUT2D eigenvalue weighted by molar-refractivity contribution is 0.0149. The minimum Gasteiger partial charge on any atom is -0.335 e. The van der Waals surface area contributed by atoms with Gasteiger partial charge in [0.25, 0.3) is 11.8 Å². The Bertz CT molecular complexity index is 923. The van der Waals surface area contributed by atoms with E-state index in [1.807, 2.05) is 30.3 Å². The first-order valence-electron chi connectivity index (χ1n) is 8.43. The van der Waals surface area contributed by atoms with Gasteiger partial charge < -0.3 is 9.42 Å². The van der Waals surface area contributed by atoms with Crippen LogP contribution in [-0.2, 0) is 12.7 Å². The van der Waals surface area contributed by atoms with Crippen LogP contribution in [0.5, 0.6) is 0 Å². The normalized spacial score (nSPS) is 20.3. The second kappa shape index (κ2) is 6.36. The number of aromatic nitrogens is 4. The molecule has 134 valence electrons. The van der Waals surface area contributed by atoms with Gasteiger partial charge in [0.15, 0.2) is 0 Å². The molecule has 4 rings (SSSR count). The maximum atomic E-state index is 15.5. The Balaban J connectivity index is 1.56. The van der Waals surface area contributed by atoms with Crippen molar-refractivity contribution in [1.82, 2.24) is 24.8 Å². The highest BCUT2D eigenvalue weighted by atomic mass is 19.1. The van der Waals surface area contributed by atoms with Gasteiger partial charge in [-0.2, -0.15) is 10.1 Å². The highest BCUT2D eigenvalue weighted by Gasteiger charge is 2.44. The highest BCUT2D eigenvalue weighted by molar-refractivity contribution is 5.92. The van der Waals surface area contributed by atoms with E-state index in [9.17, 15) is 4.79 Å². The van der Waals surface area contributed by atoms with Gasteiger partial charge in [-0.25, -0.2) is 4.39 Å². The van der Waals surface area contributed by atoms with E-state index >= 15 is 4.39 Å². The molecule has 0 aliphatic carbocycles. The van der Waals surface area contributed by atoms with E-state index in [1.54, 1.807) is 24.0 Å². The number of rotatable bonds is 3. The lowest BCUT2D eigenvalue weighted by Crippen LogP contribution is -2.46. The van der Waals surface area contributed by atoms with Crippen molar-refractivity contribution in [1.29, 1.82) is 0 Å². The SMILES string of the molecule is Cn1ccc(C(=O)N2CCCC(F)(c3nc(-c4ccccc4)no3)C2)n1. The minimum atomic E-state index is -1.86. The van der Waals surface area contributed by atoms with Gasteiger partial charge in [0, 0.05) is 25.4 Å². The number of hydrogen-bond acceptors (Lipinski definition) is 5. The van der Waals surface area contributed by atoms with E-state index in [2.05, 4.69) is 15.2 Å². The molecule has 2 aromatic heterocycles. The number of benzene rings is 1. The Hall–Kier alpha value is -3.03. The van der Waals surface area contributed by atoms with Crippen LogP contribution in [0.3, 0.4) is 0 Å². The fourth-order valence-corrected chi connectivity index (χ4v) is 3.16. The molecule has 26 heavy (non-hydrogen) atoms. The molecule has 1 amide bonds. The van der Waals surface area contributed by atoms with Crippen LogP contribution in [-0.4, -0.2) is 43.8 Å². The van der Waals surface area contributed by atoms with Gasteiger partial charge >= 0.3 is 0 Å². The van der Waals surface area contributed by atoms with Crippen LogP contribution >= 0.6 is 0 Å². The molecule has 1 fully saturated rings. The van der Waals surface area contributed by atoms with E-state index in [4.69, 9.17) is 4.52 Å². The fourth-order valence-electron chi connectivity index (χ4n) is 3.16. The number of likely N-dealkylation sites (tertiary alicyclic amines) is 1. The van der Waals surface area contributed by atoms with E-state index in [1.165, 1.54) is 4.90 Å². The number of piperidine rings is 1. The Morgan fingerprint density at radius 2 is 2.08 bits per heavy atom. The first-order chi connectivity index (χ1) is 12.5. The number of hydrogen-bond donors (Lipinski definition) is 0. The van der Waals surface area contributed by atoms with Crippen molar-refractivity contribution in [2.75, 3.05) is 13.1 Å². The number of halogens is 1. The Kier molecular flexibility index (Phi) is 4.02. The smallest absolute Gasteiger partial charge is 0.274 e. The molecule has 1 saturated heterocycles. The van der Waals surface area contributed by atoms with Crippen LogP contribution in [0.4, 0.5) is 4.39 Å². The first kappa shape index (κ1) is 16.4. The summed E-state index contributed by atoms with van der Waals surface area (Å²) in [6.45, 7) is 0.347. The van der Waals surface area contributed by atoms with Crippen molar-refractivity contribution in [2.24, 2.45) is 7.05 Å². The van der Waals surface area contributed by atoms with Gasteiger partial charge in [0.05, 0.1) is 6.54 Å². The van der Waals surface area contributed by atoms with Crippen molar-refractivity contribution in [3.8, 4) is 11.4 Å². The molecule has 0 spiro atoms. The van der Waals surface area contributed by atoms with Crippen LogP contribution < -0.4 is 0 Å². The van der Waals surface area contributed by atoms with Gasteiger partial charge in [0.2, 0.25) is 11.5 Å². The molecular formula is C18H18FN5O2. The van der Waals surface area contributed by atoms with Crippen molar-refractivity contribution in [3.63, 3.8) is 0 Å². The van der Waals surface area contributed by atoms with E-state index in [0.29, 0.717) is 24.5 Å². The molecule has 1 aliphatic rings. The molecule has 3 aromatic rings. The fraction of sp³-hybridized carbons (Fsp3) is 0.333. The predicted octanol–water partition coefficient (Wildman–Crippen LogP) is 2.57. The third-order valence-corrected chi connectivity index (χ3v) is 4.50. The van der Waals surface area contributed by atoms with Gasteiger partial charge in [-0.3, -0.25) is 9.48 Å². The minimum absolute atomic E-state index is 0.0881. The van der Waals surface area contributed by atoms with Crippen LogP contribution in [0.25, 0.3) is 11.4 Å². The molecular weight excluding hydrogens is 337 g/mol. The molecule has 1 unspecified atom stereocenters. The molecule has 0 radical (unpaired) electrons. The van der Waals surface area contributed by atoms with E-state index in [0.717, 1.165) is 5.56 Å². The number of carbonyl (C=O) groups excluding carboxylic acids is 1. The molecule has 7 nitrogen and oxygen atoms in total. The predicted molar refractivity (Wildman–Crippen MR) is 90.9 cm³/mol. The quantitative estimate of drug-likeness (QED) is 0.722. The summed E-state index contributed by atoms with van der Waals surface area (Å²) in [4.78, 5) is 18.3. The molecule has 8 heteroatoms. The maximum Gasteiger partial charge on any atom is 0.274 e. The highest BCUT2D eigenvalue weighted by Crippen LogP contribution is 2.36. The van der Waals surface area contributed by atoms with Gasteiger partial charge in [-0.05, 0) is 18.9 Å². The third kappa shape index (κ3) is 2.98. The summed E-state index contributed by atoms with van der Waals surface area (Å²) in [6, 6.07) is 10.9. The van der Waals surface area contributed by atoms with Crippen molar-refractivity contribution in [2.45, 2.75) is 18.5 Å². The summed E-state index contributed by atoms with van der Waals surface area (Å²) < 4.78 is 22.3. The zero-order valence-electron chi connectivity index (χ0n) is 14.3. The van der Waals surface area contributed by atoms with Crippen molar-refractivity contribution < 1.29 is 13.7 Å². The van der Waals surface area contributed by atoms with Crippen LogP contribution in [0.2, 0.25) is 0 Å². The first-order valence-corrected chi connectivity index (χ1v) is 8.43. The number of amides is 1. The molecule has 1 atom stereocenters. The van der Waals surface area contributed by atoms with E-state index < -0.39 is 5.67 Å².